The van der Waals surface area contributed by atoms with Gasteiger partial charge in [-0.1, -0.05) is 92.2 Å². The lowest BCUT2D eigenvalue weighted by molar-refractivity contribution is 0.0972. The molecule has 0 aromatic heterocycles. The maximum Gasteiger partial charge on any atom is 0.214 e. The lowest BCUT2D eigenvalue weighted by atomic mass is 9.90. The van der Waals surface area contributed by atoms with Crippen LogP contribution in [0.3, 0.4) is 0 Å². The van der Waals surface area contributed by atoms with Crippen molar-refractivity contribution in [3.05, 3.63) is 155 Å². The number of hydrogen-bond donors (Lipinski definition) is 1. The first-order chi connectivity index (χ1) is 25.2. The summed E-state index contributed by atoms with van der Waals surface area (Å²) in [6, 6.07) is 23.8. The molecule has 0 spiro atoms. The number of allylic oxidation sites excluding steroid dienone is 5. The normalized spacial score (nSPS) is 14.9. The molecule has 8 nitrogen and oxygen atoms in total. The number of nitrogens with two attached hydrogens (primary N) is 1. The molecule has 0 aliphatic heterocycles. The zero-order valence-corrected chi connectivity index (χ0v) is 30.8. The van der Waals surface area contributed by atoms with E-state index in [1.165, 1.54) is 54.6 Å². The average molecular weight is 757 g/mol. The molecular weight excluding hydrogens is 719 g/mol. The Morgan fingerprint density at radius 2 is 1.34 bits per heavy atom. The van der Waals surface area contributed by atoms with Crippen LogP contribution in [0.25, 0.3) is 16.7 Å². The lowest BCUT2D eigenvalue weighted by Gasteiger charge is -2.20. The minimum atomic E-state index is -3.95. The van der Waals surface area contributed by atoms with Gasteiger partial charge in [-0.25, -0.2) is 25.6 Å². The molecule has 1 aliphatic carbocycles. The van der Waals surface area contributed by atoms with Crippen LogP contribution in [0.4, 0.5) is 8.78 Å². The van der Waals surface area contributed by atoms with E-state index in [-0.39, 0.29) is 33.9 Å². The summed E-state index contributed by atoms with van der Waals surface area (Å²) in [5.41, 5.74) is 8.24. The second kappa shape index (κ2) is 16.6. The fourth-order valence-corrected chi connectivity index (χ4v) is 8.90. The summed E-state index contributed by atoms with van der Waals surface area (Å²) in [5.74, 6) is -4.11. The number of carbonyl (C=O) groups is 2. The Labute approximate surface area is 308 Å². The average Bonchev–Trinajstić information content (AvgIpc) is 3.14. The molecule has 0 saturated carbocycles. The van der Waals surface area contributed by atoms with Gasteiger partial charge in [0.05, 0.1) is 22.2 Å². The fraction of sp³-hybridized carbons (Fsp3) is 0.195. The number of benzene rings is 4. The van der Waals surface area contributed by atoms with Crippen molar-refractivity contribution in [3.8, 4) is 11.1 Å². The van der Waals surface area contributed by atoms with Crippen molar-refractivity contribution in [2.75, 3.05) is 17.3 Å². The molecule has 1 atom stereocenters. The third-order valence-corrected chi connectivity index (χ3v) is 12.2. The number of nitrogens with zero attached hydrogens (tertiary/aromatic N) is 1. The van der Waals surface area contributed by atoms with E-state index in [2.05, 4.69) is 4.99 Å². The zero-order valence-electron chi connectivity index (χ0n) is 29.1. The predicted molar refractivity (Wildman–Crippen MR) is 204 cm³/mol. The molecule has 1 aliphatic rings. The minimum Gasteiger partial charge on any atom is -0.394 e. The van der Waals surface area contributed by atoms with Gasteiger partial charge in [0.2, 0.25) is 11.6 Å². The fourth-order valence-electron chi connectivity index (χ4n) is 5.98. The summed E-state index contributed by atoms with van der Waals surface area (Å²) in [6.45, 7) is 3.53. The smallest absolute Gasteiger partial charge is 0.214 e. The van der Waals surface area contributed by atoms with Crippen molar-refractivity contribution >= 4 is 42.5 Å². The van der Waals surface area contributed by atoms with Crippen LogP contribution >= 0.6 is 0 Å². The number of ketones is 2. The molecular formula is C41H38F2N2O6S2. The SMILES string of the molecule is C/C=C(\C=C/CS(=O)(=O)CC(C[C@H](CC)CS(=O)(=O)c1ccc(-c2ccc(F)cc2)cc1)=NC1=C(N)C(=O)c2ccccc2C1=O)c1ccc(F)cc1. The van der Waals surface area contributed by atoms with Gasteiger partial charge in [0, 0.05) is 16.8 Å². The highest BCUT2D eigenvalue weighted by Gasteiger charge is 2.32. The van der Waals surface area contributed by atoms with E-state index in [1.54, 1.807) is 74.5 Å². The van der Waals surface area contributed by atoms with Gasteiger partial charge in [-0.05, 0) is 77.9 Å². The first-order valence-corrected chi connectivity index (χ1v) is 20.3. The molecule has 0 fully saturated rings. The molecule has 2 N–H and O–H groups in total. The molecule has 4 aromatic rings. The Morgan fingerprint density at radius 3 is 1.91 bits per heavy atom. The topological polar surface area (TPSA) is 141 Å². The highest BCUT2D eigenvalue weighted by Crippen LogP contribution is 2.28. The number of carbonyl (C=O) groups excluding carboxylic acids is 2. The monoisotopic (exact) mass is 756 g/mol. The third-order valence-electron chi connectivity index (χ3n) is 8.87. The van der Waals surface area contributed by atoms with Crippen molar-refractivity contribution in [1.29, 1.82) is 0 Å². The highest BCUT2D eigenvalue weighted by atomic mass is 32.2. The van der Waals surface area contributed by atoms with Crippen LogP contribution in [-0.4, -0.2) is 51.4 Å². The molecule has 0 unspecified atom stereocenters. The Hall–Kier alpha value is -5.33. The second-order valence-electron chi connectivity index (χ2n) is 12.6. The summed E-state index contributed by atoms with van der Waals surface area (Å²) < 4.78 is 81.2. The molecule has 274 valence electrons. The molecule has 0 amide bonds. The summed E-state index contributed by atoms with van der Waals surface area (Å²) in [6.07, 6.45) is 5.00. The van der Waals surface area contributed by atoms with Crippen LogP contribution in [0.2, 0.25) is 0 Å². The van der Waals surface area contributed by atoms with Crippen LogP contribution in [0.5, 0.6) is 0 Å². The van der Waals surface area contributed by atoms with Gasteiger partial charge in [-0.2, -0.15) is 0 Å². The molecule has 0 radical (unpaired) electrons. The molecule has 0 bridgehead atoms. The van der Waals surface area contributed by atoms with E-state index in [4.69, 9.17) is 5.73 Å². The maximum absolute atomic E-state index is 13.6. The summed E-state index contributed by atoms with van der Waals surface area (Å²) in [5, 5.41) is 0. The van der Waals surface area contributed by atoms with Crippen LogP contribution in [-0.2, 0) is 19.7 Å². The molecule has 4 aromatic carbocycles. The van der Waals surface area contributed by atoms with Crippen LogP contribution in [0.15, 0.2) is 137 Å². The van der Waals surface area contributed by atoms with E-state index in [0.717, 1.165) is 0 Å². The van der Waals surface area contributed by atoms with Gasteiger partial charge in [0.25, 0.3) is 0 Å². The van der Waals surface area contributed by atoms with E-state index >= 15 is 0 Å². The van der Waals surface area contributed by atoms with Crippen LogP contribution in [0.1, 0.15) is 53.0 Å². The Balaban J connectivity index is 1.42. The second-order valence-corrected chi connectivity index (χ2v) is 16.8. The maximum atomic E-state index is 13.6. The van der Waals surface area contributed by atoms with Gasteiger partial charge in [0.15, 0.2) is 19.7 Å². The van der Waals surface area contributed by atoms with Crippen LogP contribution in [0, 0.1) is 17.6 Å². The van der Waals surface area contributed by atoms with E-state index in [9.17, 15) is 35.2 Å². The van der Waals surface area contributed by atoms with Gasteiger partial charge >= 0.3 is 0 Å². The number of rotatable bonds is 14. The van der Waals surface area contributed by atoms with Crippen molar-refractivity contribution in [3.63, 3.8) is 0 Å². The number of halogens is 2. The Kier molecular flexibility index (Phi) is 12.2. The van der Waals surface area contributed by atoms with Crippen LogP contribution < -0.4 is 5.73 Å². The number of fused-ring (bicyclic) bond motifs is 1. The molecule has 0 saturated heterocycles. The predicted octanol–water partition coefficient (Wildman–Crippen LogP) is 7.59. The summed E-state index contributed by atoms with van der Waals surface area (Å²) in [7, 11) is -7.84. The molecule has 12 heteroatoms. The number of aliphatic imine (C=N–C) groups is 1. The number of Topliss-reactive ketones (excluding diaryl/α,β-unsaturated/α-hetero) is 2. The standard InChI is InChI=1S/C41H38F2N2O6S2/c1-3-27(25-53(50,51)35-21-15-31(16-22-35)30-13-19-33(43)20-14-30)24-34(45-39-38(44)40(46)36-9-5-6-10-37(36)41(39)47)26-52(48,49)23-7-8-28(4-2)29-11-17-32(42)18-12-29/h4-22,27H,3,23-26,44H2,1-2H3/b8-7-,28-4+,45-34?/t27-/m0/s1. The first kappa shape index (κ1) is 38.9. The van der Waals surface area contributed by atoms with E-state index in [1.807, 2.05) is 0 Å². The van der Waals surface area contributed by atoms with Crippen molar-refractivity contribution in [2.45, 2.75) is 31.6 Å². The molecule has 0 heterocycles. The van der Waals surface area contributed by atoms with E-state index < -0.39 is 71.7 Å². The lowest BCUT2D eigenvalue weighted by Crippen LogP contribution is -2.28. The molecule has 53 heavy (non-hydrogen) atoms. The minimum absolute atomic E-state index is 0.0182. The van der Waals surface area contributed by atoms with E-state index in [0.29, 0.717) is 28.7 Å². The quantitative estimate of drug-likeness (QED) is 0.103. The highest BCUT2D eigenvalue weighted by molar-refractivity contribution is 7.92. The Bertz CT molecular complexity index is 2360. The van der Waals surface area contributed by atoms with Gasteiger partial charge < -0.3 is 5.73 Å². The van der Waals surface area contributed by atoms with Crippen molar-refractivity contribution in [2.24, 2.45) is 16.6 Å². The van der Waals surface area contributed by atoms with Gasteiger partial charge in [-0.3, -0.25) is 14.6 Å². The summed E-state index contributed by atoms with van der Waals surface area (Å²) >= 11 is 0. The Morgan fingerprint density at radius 1 is 0.792 bits per heavy atom. The largest absolute Gasteiger partial charge is 0.394 e. The molecule has 5 rings (SSSR count). The van der Waals surface area contributed by atoms with Crippen molar-refractivity contribution in [1.82, 2.24) is 0 Å². The van der Waals surface area contributed by atoms with Crippen molar-refractivity contribution < 1.29 is 35.2 Å². The van der Waals surface area contributed by atoms with Gasteiger partial charge in [0.1, 0.15) is 23.0 Å². The van der Waals surface area contributed by atoms with Gasteiger partial charge in [-0.15, -0.1) is 0 Å². The first-order valence-electron chi connectivity index (χ1n) is 16.8. The summed E-state index contributed by atoms with van der Waals surface area (Å²) in [4.78, 5) is 31.1. The number of hydrogen-bond acceptors (Lipinski definition) is 8. The third kappa shape index (κ3) is 9.57. The number of sulfone groups is 2. The zero-order chi connectivity index (χ0) is 38.3.